The number of aliphatic hydroxyl groups is 1. The van der Waals surface area contributed by atoms with Crippen LogP contribution in [0.3, 0.4) is 0 Å². The van der Waals surface area contributed by atoms with Gasteiger partial charge in [-0.1, -0.05) is 28.1 Å². The smallest absolute Gasteiger partial charge is 0.0582 e. The van der Waals surface area contributed by atoms with Crippen molar-refractivity contribution in [2.75, 3.05) is 19.8 Å². The van der Waals surface area contributed by atoms with Gasteiger partial charge in [0.2, 0.25) is 0 Å². The third-order valence-electron chi connectivity index (χ3n) is 3.70. The highest BCUT2D eigenvalue weighted by Gasteiger charge is 2.26. The van der Waals surface area contributed by atoms with Crippen LogP contribution < -0.4 is 5.32 Å². The molecule has 19 heavy (non-hydrogen) atoms. The number of ether oxygens (including phenoxy) is 1. The minimum absolute atomic E-state index is 0.108. The molecule has 2 atom stereocenters. The van der Waals surface area contributed by atoms with Crippen molar-refractivity contribution in [3.8, 4) is 0 Å². The van der Waals surface area contributed by atoms with Crippen molar-refractivity contribution in [3.05, 3.63) is 34.3 Å². The van der Waals surface area contributed by atoms with E-state index in [-0.39, 0.29) is 12.6 Å². The molecular weight excluding hydrogens is 306 g/mol. The Morgan fingerprint density at radius 1 is 1.32 bits per heavy atom. The highest BCUT2D eigenvalue weighted by atomic mass is 79.9. The molecule has 1 heterocycles. The van der Waals surface area contributed by atoms with Crippen LogP contribution in [0.2, 0.25) is 0 Å². The van der Waals surface area contributed by atoms with E-state index in [0.29, 0.717) is 12.0 Å². The molecule has 0 aromatic heterocycles. The fraction of sp³-hybridized carbons (Fsp3) is 0.600. The van der Waals surface area contributed by atoms with E-state index in [4.69, 9.17) is 4.74 Å². The second-order valence-corrected chi connectivity index (χ2v) is 6.14. The summed E-state index contributed by atoms with van der Waals surface area (Å²) in [6.45, 7) is 3.86. The van der Waals surface area contributed by atoms with Gasteiger partial charge in [-0.25, -0.2) is 0 Å². The molecule has 1 fully saturated rings. The van der Waals surface area contributed by atoms with Crippen molar-refractivity contribution in [3.63, 3.8) is 0 Å². The summed E-state index contributed by atoms with van der Waals surface area (Å²) in [6.07, 6.45) is 2.15. The summed E-state index contributed by atoms with van der Waals surface area (Å²) in [4.78, 5) is 0. The number of benzene rings is 1. The highest BCUT2D eigenvalue weighted by Crippen LogP contribution is 2.31. The van der Waals surface area contributed by atoms with Gasteiger partial charge < -0.3 is 15.2 Å². The molecule has 1 aromatic rings. The van der Waals surface area contributed by atoms with Crippen molar-refractivity contribution in [2.45, 2.75) is 31.8 Å². The Hall–Kier alpha value is -0.420. The first-order valence-electron chi connectivity index (χ1n) is 6.91. The van der Waals surface area contributed by atoms with E-state index in [2.05, 4.69) is 45.5 Å². The molecule has 0 bridgehead atoms. The Morgan fingerprint density at radius 3 is 2.53 bits per heavy atom. The number of aliphatic hydroxyl groups excluding tert-OH is 1. The number of hydrogen-bond acceptors (Lipinski definition) is 3. The average molecular weight is 328 g/mol. The monoisotopic (exact) mass is 327 g/mol. The SMILES string of the molecule is C[C@@H](CO)N[C@@H](c1ccc(Br)cc1)C1CCOCC1. The number of halogens is 1. The first kappa shape index (κ1) is 15.0. The van der Waals surface area contributed by atoms with Crippen LogP contribution in [-0.4, -0.2) is 31.0 Å². The van der Waals surface area contributed by atoms with E-state index < -0.39 is 0 Å². The summed E-state index contributed by atoms with van der Waals surface area (Å²) in [5.74, 6) is 0.573. The van der Waals surface area contributed by atoms with Gasteiger partial charge in [0.25, 0.3) is 0 Å². The molecule has 0 amide bonds. The van der Waals surface area contributed by atoms with Crippen LogP contribution in [0.5, 0.6) is 0 Å². The Kier molecular flexibility index (Phi) is 5.82. The van der Waals surface area contributed by atoms with Gasteiger partial charge >= 0.3 is 0 Å². The summed E-state index contributed by atoms with van der Waals surface area (Å²) >= 11 is 3.47. The zero-order chi connectivity index (χ0) is 13.7. The molecule has 106 valence electrons. The molecule has 0 spiro atoms. The predicted molar refractivity (Wildman–Crippen MR) is 80.1 cm³/mol. The molecule has 1 aliphatic heterocycles. The standard InChI is InChI=1S/C15H22BrNO2/c1-11(10-18)17-15(13-6-8-19-9-7-13)12-2-4-14(16)5-3-12/h2-5,11,13,15,17-18H,6-10H2,1H3/t11-,15-/m0/s1. The second-order valence-electron chi connectivity index (χ2n) is 5.23. The van der Waals surface area contributed by atoms with Gasteiger partial charge in [-0.05, 0) is 43.4 Å². The minimum atomic E-state index is 0.108. The Balaban J connectivity index is 2.14. The first-order chi connectivity index (χ1) is 9.20. The van der Waals surface area contributed by atoms with Crippen molar-refractivity contribution in [2.24, 2.45) is 5.92 Å². The molecule has 0 aliphatic carbocycles. The predicted octanol–water partition coefficient (Wildman–Crippen LogP) is 2.89. The van der Waals surface area contributed by atoms with Crippen LogP contribution in [0, 0.1) is 5.92 Å². The molecule has 0 radical (unpaired) electrons. The Bertz CT molecular complexity index is 376. The van der Waals surface area contributed by atoms with Gasteiger partial charge in [0.05, 0.1) is 6.61 Å². The van der Waals surface area contributed by atoms with Crippen LogP contribution in [0.1, 0.15) is 31.4 Å². The van der Waals surface area contributed by atoms with E-state index in [1.165, 1.54) is 5.56 Å². The number of rotatable bonds is 5. The maximum absolute atomic E-state index is 9.28. The highest BCUT2D eigenvalue weighted by molar-refractivity contribution is 9.10. The van der Waals surface area contributed by atoms with Crippen LogP contribution >= 0.6 is 15.9 Å². The minimum Gasteiger partial charge on any atom is -0.395 e. The van der Waals surface area contributed by atoms with E-state index in [1.54, 1.807) is 0 Å². The summed E-state index contributed by atoms with van der Waals surface area (Å²) < 4.78 is 6.55. The van der Waals surface area contributed by atoms with E-state index in [0.717, 1.165) is 30.5 Å². The largest absolute Gasteiger partial charge is 0.395 e. The van der Waals surface area contributed by atoms with Crippen molar-refractivity contribution >= 4 is 15.9 Å². The zero-order valence-electron chi connectivity index (χ0n) is 11.3. The van der Waals surface area contributed by atoms with E-state index in [1.807, 2.05) is 6.92 Å². The number of hydrogen-bond donors (Lipinski definition) is 2. The molecule has 0 unspecified atom stereocenters. The third kappa shape index (κ3) is 4.28. The van der Waals surface area contributed by atoms with Crippen molar-refractivity contribution < 1.29 is 9.84 Å². The van der Waals surface area contributed by atoms with Gasteiger partial charge in [-0.2, -0.15) is 0 Å². The van der Waals surface area contributed by atoms with Crippen LogP contribution in [0.15, 0.2) is 28.7 Å². The lowest BCUT2D eigenvalue weighted by molar-refractivity contribution is 0.0507. The number of nitrogens with one attached hydrogen (secondary N) is 1. The first-order valence-corrected chi connectivity index (χ1v) is 7.70. The molecular formula is C15H22BrNO2. The lowest BCUT2D eigenvalue weighted by atomic mass is 9.86. The molecule has 2 rings (SSSR count). The van der Waals surface area contributed by atoms with Crippen molar-refractivity contribution in [1.82, 2.24) is 5.32 Å². The summed E-state index contributed by atoms with van der Waals surface area (Å²) in [5, 5.41) is 12.8. The lowest BCUT2D eigenvalue weighted by Crippen LogP contribution is -2.38. The van der Waals surface area contributed by atoms with Gasteiger partial charge in [0.1, 0.15) is 0 Å². The fourth-order valence-corrected chi connectivity index (χ4v) is 2.85. The molecule has 1 saturated heterocycles. The van der Waals surface area contributed by atoms with Crippen LogP contribution in [-0.2, 0) is 4.74 Å². The average Bonchev–Trinajstić information content (AvgIpc) is 2.46. The third-order valence-corrected chi connectivity index (χ3v) is 4.23. The van der Waals surface area contributed by atoms with Gasteiger partial charge in [0, 0.05) is 29.8 Å². The van der Waals surface area contributed by atoms with Crippen molar-refractivity contribution in [1.29, 1.82) is 0 Å². The molecule has 4 heteroatoms. The summed E-state index contributed by atoms with van der Waals surface area (Å²) in [6, 6.07) is 8.86. The van der Waals surface area contributed by atoms with Crippen LogP contribution in [0.25, 0.3) is 0 Å². The van der Waals surface area contributed by atoms with Gasteiger partial charge in [-0.3, -0.25) is 0 Å². The summed E-state index contributed by atoms with van der Waals surface area (Å²) in [7, 11) is 0. The lowest BCUT2D eigenvalue weighted by Gasteiger charge is -2.33. The molecule has 1 aromatic carbocycles. The van der Waals surface area contributed by atoms with Gasteiger partial charge in [0.15, 0.2) is 0 Å². The quantitative estimate of drug-likeness (QED) is 0.873. The van der Waals surface area contributed by atoms with Crippen LogP contribution in [0.4, 0.5) is 0 Å². The normalized spacial score (nSPS) is 20.2. The Morgan fingerprint density at radius 2 is 1.95 bits per heavy atom. The maximum atomic E-state index is 9.28. The van der Waals surface area contributed by atoms with E-state index in [9.17, 15) is 5.11 Å². The molecule has 0 saturated carbocycles. The maximum Gasteiger partial charge on any atom is 0.0582 e. The van der Waals surface area contributed by atoms with E-state index >= 15 is 0 Å². The topological polar surface area (TPSA) is 41.5 Å². The molecule has 2 N–H and O–H groups in total. The fourth-order valence-electron chi connectivity index (χ4n) is 2.58. The second kappa shape index (κ2) is 7.39. The molecule has 3 nitrogen and oxygen atoms in total. The molecule has 1 aliphatic rings. The van der Waals surface area contributed by atoms with Gasteiger partial charge in [-0.15, -0.1) is 0 Å². The Labute approximate surface area is 123 Å². The summed E-state index contributed by atoms with van der Waals surface area (Å²) in [5.41, 5.74) is 1.29. The zero-order valence-corrected chi connectivity index (χ0v) is 12.9.